The van der Waals surface area contributed by atoms with Gasteiger partial charge in [0.2, 0.25) is 0 Å². The standard InChI is InChI=1S/C10H15O2PS2.H2S/c1-2-3-6-9-7-4-5-8-10(9)12-13(11,14)15;/h4-5,7-8H,2-3,6H2,1H3,(H2,11,14,15);1H2. The van der Waals surface area contributed by atoms with E-state index in [0.29, 0.717) is 5.75 Å². The molecule has 1 aromatic rings. The lowest BCUT2D eigenvalue weighted by Gasteiger charge is -2.14. The molecule has 1 aromatic carbocycles. The highest BCUT2D eigenvalue weighted by molar-refractivity contribution is 8.59. The van der Waals surface area contributed by atoms with Crippen LogP contribution in [0.4, 0.5) is 0 Å². The van der Waals surface area contributed by atoms with E-state index in [1.807, 2.05) is 24.3 Å². The quantitative estimate of drug-likeness (QED) is 0.642. The van der Waals surface area contributed by atoms with Crippen LogP contribution < -0.4 is 4.52 Å². The van der Waals surface area contributed by atoms with Gasteiger partial charge in [-0.25, -0.2) is 0 Å². The molecule has 1 atom stereocenters. The average Bonchev–Trinajstić information content (AvgIpc) is 2.14. The molecule has 1 rings (SSSR count). The number of aryl methyl sites for hydroxylation is 1. The van der Waals surface area contributed by atoms with Crippen LogP contribution in [0, 0.1) is 0 Å². The van der Waals surface area contributed by atoms with Gasteiger partial charge >= 0.3 is 0 Å². The highest BCUT2D eigenvalue weighted by Crippen LogP contribution is 2.48. The lowest BCUT2D eigenvalue weighted by Crippen LogP contribution is -1.92. The Kier molecular flexibility index (Phi) is 7.77. The van der Waals surface area contributed by atoms with Crippen molar-refractivity contribution in [3.05, 3.63) is 29.8 Å². The van der Waals surface area contributed by atoms with Gasteiger partial charge in [0.25, 0.3) is 5.69 Å². The van der Waals surface area contributed by atoms with Crippen LogP contribution in [0.25, 0.3) is 0 Å². The van der Waals surface area contributed by atoms with Crippen molar-refractivity contribution in [3.8, 4) is 5.75 Å². The summed E-state index contributed by atoms with van der Waals surface area (Å²) in [6.45, 7) is 2.14. The van der Waals surface area contributed by atoms with Crippen molar-refractivity contribution in [2.24, 2.45) is 0 Å². The van der Waals surface area contributed by atoms with Crippen LogP contribution in [-0.4, -0.2) is 4.89 Å². The average molecular weight is 296 g/mol. The van der Waals surface area contributed by atoms with Gasteiger partial charge in [0.1, 0.15) is 5.75 Å². The summed E-state index contributed by atoms with van der Waals surface area (Å²) >= 11 is 8.61. The summed E-state index contributed by atoms with van der Waals surface area (Å²) in [6, 6.07) is 7.63. The summed E-state index contributed by atoms with van der Waals surface area (Å²) in [6.07, 6.45) is 3.17. The highest BCUT2D eigenvalue weighted by Gasteiger charge is 2.11. The molecule has 0 fully saturated rings. The maximum Gasteiger partial charge on any atom is 0.291 e. The first-order chi connectivity index (χ1) is 7.03. The van der Waals surface area contributed by atoms with Crippen molar-refractivity contribution in [3.63, 3.8) is 0 Å². The summed E-state index contributed by atoms with van der Waals surface area (Å²) in [5.41, 5.74) is -1.84. The Bertz CT molecular complexity index is 365. The van der Waals surface area contributed by atoms with Crippen LogP contribution in [0.2, 0.25) is 0 Å². The molecule has 0 aliphatic rings. The predicted molar refractivity (Wildman–Crippen MR) is 81.6 cm³/mol. The van der Waals surface area contributed by atoms with E-state index < -0.39 is 5.69 Å². The largest absolute Gasteiger partial charge is 0.436 e. The Morgan fingerprint density at radius 3 is 2.62 bits per heavy atom. The van der Waals surface area contributed by atoms with Gasteiger partial charge in [0, 0.05) is 0 Å². The Morgan fingerprint density at radius 1 is 1.44 bits per heavy atom. The number of benzene rings is 1. The molecule has 92 valence electrons. The molecule has 0 radical (unpaired) electrons. The van der Waals surface area contributed by atoms with Crippen LogP contribution in [0.1, 0.15) is 25.3 Å². The molecule has 0 amide bonds. The van der Waals surface area contributed by atoms with Crippen molar-refractivity contribution in [1.82, 2.24) is 0 Å². The van der Waals surface area contributed by atoms with Gasteiger partial charge < -0.3 is 9.42 Å². The second-order valence-electron chi connectivity index (χ2n) is 3.29. The molecule has 0 heterocycles. The van der Waals surface area contributed by atoms with Crippen LogP contribution in [0.3, 0.4) is 0 Å². The van der Waals surface area contributed by atoms with E-state index in [-0.39, 0.29) is 13.5 Å². The third kappa shape index (κ3) is 6.16. The normalized spacial score (nSPS) is 13.7. The third-order valence-corrected chi connectivity index (χ3v) is 2.89. The summed E-state index contributed by atoms with van der Waals surface area (Å²) < 4.78 is 5.28. The molecule has 0 saturated carbocycles. The van der Waals surface area contributed by atoms with E-state index >= 15 is 0 Å². The molecule has 0 aliphatic heterocycles. The molecule has 0 aliphatic carbocycles. The van der Waals surface area contributed by atoms with E-state index in [9.17, 15) is 4.89 Å². The Labute approximate surface area is 114 Å². The van der Waals surface area contributed by atoms with Crippen molar-refractivity contribution >= 4 is 43.2 Å². The minimum atomic E-state index is -2.92. The van der Waals surface area contributed by atoms with E-state index in [2.05, 4.69) is 19.2 Å². The summed E-state index contributed by atoms with van der Waals surface area (Å²) in [4.78, 5) is 9.39. The van der Waals surface area contributed by atoms with Gasteiger partial charge in [-0.1, -0.05) is 43.8 Å². The van der Waals surface area contributed by atoms with Crippen LogP contribution in [0.15, 0.2) is 24.3 Å². The van der Waals surface area contributed by atoms with Gasteiger partial charge in [-0.3, -0.25) is 0 Å². The van der Waals surface area contributed by atoms with Crippen LogP contribution in [0.5, 0.6) is 5.75 Å². The Morgan fingerprint density at radius 2 is 2.06 bits per heavy atom. The zero-order valence-electron chi connectivity index (χ0n) is 9.09. The predicted octanol–water partition coefficient (Wildman–Crippen LogP) is 3.67. The molecule has 1 N–H and O–H groups in total. The van der Waals surface area contributed by atoms with Gasteiger partial charge in [-0.05, 0) is 36.3 Å². The fraction of sp³-hybridized carbons (Fsp3) is 0.400. The number of thiol groups is 1. The second kappa shape index (κ2) is 7.62. The number of hydrogen-bond acceptors (Lipinski definition) is 2. The van der Waals surface area contributed by atoms with E-state index in [1.54, 1.807) is 0 Å². The van der Waals surface area contributed by atoms with Gasteiger partial charge in [0.15, 0.2) is 0 Å². The smallest absolute Gasteiger partial charge is 0.291 e. The molecule has 0 saturated heterocycles. The van der Waals surface area contributed by atoms with Gasteiger partial charge in [0.05, 0.1) is 0 Å². The minimum Gasteiger partial charge on any atom is -0.436 e. The molecule has 0 spiro atoms. The fourth-order valence-electron chi connectivity index (χ4n) is 1.29. The van der Waals surface area contributed by atoms with Gasteiger partial charge in [-0.15, -0.1) is 0 Å². The highest BCUT2D eigenvalue weighted by atomic mass is 32.9. The third-order valence-electron chi connectivity index (χ3n) is 1.99. The van der Waals surface area contributed by atoms with Crippen molar-refractivity contribution in [2.75, 3.05) is 0 Å². The number of para-hydroxylation sites is 1. The number of hydrogen-bond donors (Lipinski definition) is 2. The lowest BCUT2D eigenvalue weighted by molar-refractivity contribution is 0.500. The molecule has 0 bridgehead atoms. The van der Waals surface area contributed by atoms with Crippen LogP contribution in [-0.2, 0) is 18.2 Å². The number of rotatable bonds is 5. The SMILES string of the molecule is CCCCc1ccccc1OP(O)(=S)S.S. The van der Waals surface area contributed by atoms with Crippen molar-refractivity contribution in [2.45, 2.75) is 26.2 Å². The van der Waals surface area contributed by atoms with E-state index in [1.165, 1.54) is 0 Å². The van der Waals surface area contributed by atoms with E-state index in [4.69, 9.17) is 16.3 Å². The molecular weight excluding hydrogens is 279 g/mol. The zero-order valence-corrected chi connectivity index (χ0v) is 12.7. The maximum atomic E-state index is 9.39. The first kappa shape index (κ1) is 16.3. The molecule has 6 heteroatoms. The summed E-state index contributed by atoms with van der Waals surface area (Å²) in [7, 11) is 0. The molecule has 16 heavy (non-hydrogen) atoms. The second-order valence-corrected chi connectivity index (χ2v) is 8.38. The first-order valence-corrected chi connectivity index (χ1v) is 8.68. The Hall–Kier alpha value is 0.330. The fourth-order valence-corrected chi connectivity index (χ4v) is 2.23. The molecule has 0 aromatic heterocycles. The topological polar surface area (TPSA) is 29.5 Å². The molecule has 2 nitrogen and oxygen atoms in total. The minimum absolute atomic E-state index is 0. The van der Waals surface area contributed by atoms with Gasteiger partial charge in [-0.2, -0.15) is 13.5 Å². The zero-order chi connectivity index (χ0) is 11.3. The summed E-state index contributed by atoms with van der Waals surface area (Å²) in [5.74, 6) is 0.659. The molecule has 1 unspecified atom stereocenters. The molecular formula is C10H17O2PS3. The summed E-state index contributed by atoms with van der Waals surface area (Å²) in [5, 5.41) is 0. The Balaban J connectivity index is 0.00000225. The number of unbranched alkanes of at least 4 members (excludes halogenated alkanes) is 1. The monoisotopic (exact) mass is 296 g/mol. The van der Waals surface area contributed by atoms with E-state index in [0.717, 1.165) is 24.8 Å². The first-order valence-electron chi connectivity index (χ1n) is 4.86. The van der Waals surface area contributed by atoms with Crippen molar-refractivity contribution in [1.29, 1.82) is 0 Å². The lowest BCUT2D eigenvalue weighted by atomic mass is 10.1. The van der Waals surface area contributed by atoms with Crippen molar-refractivity contribution < 1.29 is 9.42 Å². The van der Waals surface area contributed by atoms with Crippen LogP contribution >= 0.6 is 31.4 Å². The maximum absolute atomic E-state index is 9.39.